The second-order valence-electron chi connectivity index (χ2n) is 6.02. The number of carbonyl (C=O) groups is 1. The van der Waals surface area contributed by atoms with Crippen molar-refractivity contribution in [1.29, 1.82) is 0 Å². The van der Waals surface area contributed by atoms with E-state index in [9.17, 15) is 4.79 Å². The van der Waals surface area contributed by atoms with Gasteiger partial charge in [-0.05, 0) is 25.5 Å². The summed E-state index contributed by atoms with van der Waals surface area (Å²) in [6.45, 7) is 6.11. The molecule has 1 saturated carbocycles. The summed E-state index contributed by atoms with van der Waals surface area (Å²) in [5.74, 6) is 0.323. The van der Waals surface area contributed by atoms with Crippen molar-refractivity contribution in [3.05, 3.63) is 0 Å². The number of nitrogens with one attached hydrogen (secondary N) is 1. The molecule has 1 amide bonds. The van der Waals surface area contributed by atoms with Gasteiger partial charge in [0, 0.05) is 23.9 Å². The predicted octanol–water partition coefficient (Wildman–Crippen LogP) is 2.26. The Morgan fingerprint density at radius 2 is 2.11 bits per heavy atom. The molecule has 1 N–H and O–H groups in total. The third kappa shape index (κ3) is 3.02. The quantitative estimate of drug-likeness (QED) is 0.832. The second-order valence-corrected chi connectivity index (χ2v) is 7.29. The standard InChI is InChI=1S/C14H26N2OS/c1-11(2)15-12-6-9-16(13(12)17)10-14(18-3)7-4-5-8-14/h11-12,15H,4-10H2,1-3H3. The Balaban J connectivity index is 1.93. The molecule has 1 saturated heterocycles. The molecule has 0 aromatic carbocycles. The topological polar surface area (TPSA) is 32.3 Å². The lowest BCUT2D eigenvalue weighted by Crippen LogP contribution is -2.45. The summed E-state index contributed by atoms with van der Waals surface area (Å²) in [5.41, 5.74) is 0. The monoisotopic (exact) mass is 270 g/mol. The number of hydrogen-bond donors (Lipinski definition) is 1. The molecule has 0 radical (unpaired) electrons. The van der Waals surface area contributed by atoms with Gasteiger partial charge in [0.2, 0.25) is 5.91 Å². The fourth-order valence-corrected chi connectivity index (χ4v) is 4.23. The first-order chi connectivity index (χ1) is 8.56. The summed E-state index contributed by atoms with van der Waals surface area (Å²) in [7, 11) is 0. The molecule has 2 fully saturated rings. The average Bonchev–Trinajstić information content (AvgIpc) is 2.91. The first kappa shape index (κ1) is 14.2. The Morgan fingerprint density at radius 1 is 1.44 bits per heavy atom. The molecule has 1 aliphatic heterocycles. The van der Waals surface area contributed by atoms with Gasteiger partial charge in [0.15, 0.2) is 0 Å². The van der Waals surface area contributed by atoms with Gasteiger partial charge in [0.05, 0.1) is 6.04 Å². The number of thioether (sulfide) groups is 1. The van der Waals surface area contributed by atoms with Gasteiger partial charge in [-0.3, -0.25) is 4.79 Å². The minimum atomic E-state index is 0.0605. The summed E-state index contributed by atoms with van der Waals surface area (Å²) in [6.07, 6.45) is 8.39. The average molecular weight is 270 g/mol. The van der Waals surface area contributed by atoms with E-state index in [1.807, 2.05) is 11.8 Å². The van der Waals surface area contributed by atoms with Crippen LogP contribution in [0, 0.1) is 0 Å². The Kier molecular flexibility index (Phi) is 4.59. The van der Waals surface area contributed by atoms with E-state index >= 15 is 0 Å². The van der Waals surface area contributed by atoms with Crippen LogP contribution in [0.1, 0.15) is 46.0 Å². The number of nitrogens with zero attached hydrogens (tertiary/aromatic N) is 1. The molecular formula is C14H26N2OS. The zero-order chi connectivity index (χ0) is 13.2. The Hall–Kier alpha value is -0.220. The number of rotatable bonds is 5. The van der Waals surface area contributed by atoms with Crippen LogP contribution in [-0.2, 0) is 4.79 Å². The Morgan fingerprint density at radius 3 is 2.67 bits per heavy atom. The molecule has 4 heteroatoms. The molecule has 0 aromatic rings. The molecule has 1 unspecified atom stereocenters. The predicted molar refractivity (Wildman–Crippen MR) is 78.0 cm³/mol. The summed E-state index contributed by atoms with van der Waals surface area (Å²) in [5, 5.41) is 3.38. The fourth-order valence-electron chi connectivity index (χ4n) is 3.25. The molecule has 1 heterocycles. The lowest BCUT2D eigenvalue weighted by atomic mass is 10.1. The van der Waals surface area contributed by atoms with E-state index in [2.05, 4.69) is 30.3 Å². The minimum absolute atomic E-state index is 0.0605. The van der Waals surface area contributed by atoms with E-state index in [0.717, 1.165) is 19.5 Å². The van der Waals surface area contributed by atoms with Crippen LogP contribution in [0.2, 0.25) is 0 Å². The number of carbonyl (C=O) groups excluding carboxylic acids is 1. The minimum Gasteiger partial charge on any atom is -0.340 e. The Labute approximate surface area is 115 Å². The normalized spacial score (nSPS) is 27.4. The van der Waals surface area contributed by atoms with Crippen molar-refractivity contribution in [3.8, 4) is 0 Å². The molecule has 0 bridgehead atoms. The molecule has 18 heavy (non-hydrogen) atoms. The molecular weight excluding hydrogens is 244 g/mol. The van der Waals surface area contributed by atoms with E-state index in [-0.39, 0.29) is 6.04 Å². The van der Waals surface area contributed by atoms with Gasteiger partial charge in [-0.1, -0.05) is 26.7 Å². The van der Waals surface area contributed by atoms with E-state index in [4.69, 9.17) is 0 Å². The smallest absolute Gasteiger partial charge is 0.239 e. The highest BCUT2D eigenvalue weighted by atomic mass is 32.2. The molecule has 1 aliphatic carbocycles. The largest absolute Gasteiger partial charge is 0.340 e. The highest BCUT2D eigenvalue weighted by Gasteiger charge is 2.40. The lowest BCUT2D eigenvalue weighted by molar-refractivity contribution is -0.129. The maximum atomic E-state index is 12.3. The van der Waals surface area contributed by atoms with Gasteiger partial charge in [0.1, 0.15) is 0 Å². The van der Waals surface area contributed by atoms with Crippen molar-refractivity contribution in [2.24, 2.45) is 0 Å². The fraction of sp³-hybridized carbons (Fsp3) is 0.929. The van der Waals surface area contributed by atoms with E-state index in [0.29, 0.717) is 16.7 Å². The van der Waals surface area contributed by atoms with Crippen LogP contribution in [0.3, 0.4) is 0 Å². The Bertz CT molecular complexity index is 300. The van der Waals surface area contributed by atoms with Crippen molar-refractivity contribution in [2.75, 3.05) is 19.3 Å². The first-order valence-electron chi connectivity index (χ1n) is 7.16. The highest BCUT2D eigenvalue weighted by Crippen LogP contribution is 2.41. The van der Waals surface area contributed by atoms with Crippen LogP contribution in [-0.4, -0.2) is 47.0 Å². The molecule has 3 nitrogen and oxygen atoms in total. The summed E-state index contributed by atoms with van der Waals surface area (Å²) in [6, 6.07) is 0.449. The maximum absolute atomic E-state index is 12.3. The van der Waals surface area contributed by atoms with Crippen LogP contribution >= 0.6 is 11.8 Å². The molecule has 2 rings (SSSR count). The van der Waals surface area contributed by atoms with Crippen molar-refractivity contribution in [2.45, 2.75) is 62.8 Å². The highest BCUT2D eigenvalue weighted by molar-refractivity contribution is 8.00. The number of likely N-dealkylation sites (tertiary alicyclic amines) is 1. The van der Waals surface area contributed by atoms with Crippen LogP contribution < -0.4 is 5.32 Å². The molecule has 0 aromatic heterocycles. The van der Waals surface area contributed by atoms with E-state index in [1.165, 1.54) is 25.7 Å². The van der Waals surface area contributed by atoms with E-state index < -0.39 is 0 Å². The van der Waals surface area contributed by atoms with Crippen molar-refractivity contribution < 1.29 is 4.79 Å². The zero-order valence-corrected chi connectivity index (χ0v) is 12.7. The van der Waals surface area contributed by atoms with Gasteiger partial charge >= 0.3 is 0 Å². The van der Waals surface area contributed by atoms with Crippen LogP contribution in [0.5, 0.6) is 0 Å². The number of hydrogen-bond acceptors (Lipinski definition) is 3. The van der Waals surface area contributed by atoms with Gasteiger partial charge in [-0.2, -0.15) is 11.8 Å². The van der Waals surface area contributed by atoms with E-state index in [1.54, 1.807) is 0 Å². The zero-order valence-electron chi connectivity index (χ0n) is 11.9. The molecule has 0 spiro atoms. The van der Waals surface area contributed by atoms with Crippen molar-refractivity contribution >= 4 is 17.7 Å². The lowest BCUT2D eigenvalue weighted by Gasteiger charge is -2.32. The third-order valence-corrected chi connectivity index (χ3v) is 5.66. The van der Waals surface area contributed by atoms with Gasteiger partial charge in [-0.25, -0.2) is 0 Å². The van der Waals surface area contributed by atoms with Gasteiger partial charge in [-0.15, -0.1) is 0 Å². The first-order valence-corrected chi connectivity index (χ1v) is 8.39. The number of amides is 1. The molecule has 1 atom stereocenters. The van der Waals surface area contributed by atoms with Gasteiger partial charge < -0.3 is 10.2 Å². The van der Waals surface area contributed by atoms with Crippen LogP contribution in [0.15, 0.2) is 0 Å². The summed E-state index contributed by atoms with van der Waals surface area (Å²) in [4.78, 5) is 14.4. The third-order valence-electron chi connectivity index (χ3n) is 4.26. The maximum Gasteiger partial charge on any atom is 0.239 e. The van der Waals surface area contributed by atoms with Crippen molar-refractivity contribution in [3.63, 3.8) is 0 Å². The molecule has 104 valence electrons. The van der Waals surface area contributed by atoms with Crippen LogP contribution in [0.4, 0.5) is 0 Å². The van der Waals surface area contributed by atoms with Gasteiger partial charge in [0.25, 0.3) is 0 Å². The second kappa shape index (κ2) is 5.83. The van der Waals surface area contributed by atoms with Crippen molar-refractivity contribution in [1.82, 2.24) is 10.2 Å². The summed E-state index contributed by atoms with van der Waals surface area (Å²) >= 11 is 1.97. The summed E-state index contributed by atoms with van der Waals surface area (Å²) < 4.78 is 0.350. The molecule has 2 aliphatic rings. The van der Waals surface area contributed by atoms with Crippen LogP contribution in [0.25, 0.3) is 0 Å². The SMILES string of the molecule is CSC1(CN2CCC(NC(C)C)C2=O)CCCC1.